The third-order valence-corrected chi connectivity index (χ3v) is 6.36. The van der Waals surface area contributed by atoms with E-state index in [4.69, 9.17) is 4.42 Å². The molecule has 0 saturated carbocycles. The highest BCUT2D eigenvalue weighted by molar-refractivity contribution is 5.90. The van der Waals surface area contributed by atoms with E-state index >= 15 is 0 Å². The van der Waals surface area contributed by atoms with Crippen LogP contribution in [0.1, 0.15) is 29.6 Å². The van der Waals surface area contributed by atoms with E-state index in [1.54, 1.807) is 0 Å². The number of halogens is 6. The van der Waals surface area contributed by atoms with E-state index in [9.17, 15) is 31.1 Å². The highest BCUT2D eigenvalue weighted by Crippen LogP contribution is 2.37. The van der Waals surface area contributed by atoms with Crippen molar-refractivity contribution in [2.24, 2.45) is 0 Å². The number of amides is 2. The highest BCUT2D eigenvalue weighted by atomic mass is 19.4. The maximum atomic E-state index is 13.0. The van der Waals surface area contributed by atoms with Crippen LogP contribution in [0.5, 0.6) is 0 Å². The fourth-order valence-corrected chi connectivity index (χ4v) is 4.29. The Morgan fingerprint density at radius 3 is 2.03 bits per heavy atom. The first-order valence-electron chi connectivity index (χ1n) is 11.3. The molecule has 0 spiro atoms. The molecular formula is C23H26F6N4O2. The minimum absolute atomic E-state index is 0.0313. The van der Waals surface area contributed by atoms with Crippen molar-refractivity contribution in [3.05, 3.63) is 53.0 Å². The zero-order valence-electron chi connectivity index (χ0n) is 19.0. The molecule has 35 heavy (non-hydrogen) atoms. The number of hydrogen-bond acceptors (Lipinski definition) is 4. The largest absolute Gasteiger partial charge is 0.465 e. The van der Waals surface area contributed by atoms with Crippen LogP contribution in [-0.2, 0) is 25.3 Å². The van der Waals surface area contributed by atoms with Crippen molar-refractivity contribution >= 4 is 11.7 Å². The summed E-state index contributed by atoms with van der Waals surface area (Å²) in [6.45, 7) is 6.72. The second kappa shape index (κ2) is 9.73. The Bertz CT molecular complexity index is 1010. The Kier molecular flexibility index (Phi) is 7.05. The van der Waals surface area contributed by atoms with Crippen LogP contribution in [0, 0.1) is 0 Å². The van der Waals surface area contributed by atoms with Gasteiger partial charge in [-0.05, 0) is 30.3 Å². The van der Waals surface area contributed by atoms with Gasteiger partial charge in [-0.3, -0.25) is 9.80 Å². The molecule has 0 bridgehead atoms. The van der Waals surface area contributed by atoms with Crippen LogP contribution in [-0.4, -0.2) is 66.0 Å². The summed E-state index contributed by atoms with van der Waals surface area (Å²) in [5, 5.41) is 2.18. The third-order valence-electron chi connectivity index (χ3n) is 6.36. The number of piperazine rings is 1. The summed E-state index contributed by atoms with van der Waals surface area (Å²) in [5.74, 6) is 1.87. The minimum Gasteiger partial charge on any atom is -0.465 e. The van der Waals surface area contributed by atoms with Gasteiger partial charge in [0.15, 0.2) is 0 Å². The van der Waals surface area contributed by atoms with E-state index in [0.29, 0.717) is 25.2 Å². The number of anilines is 1. The number of rotatable bonds is 5. The number of nitrogens with one attached hydrogen (secondary N) is 1. The van der Waals surface area contributed by atoms with Gasteiger partial charge >= 0.3 is 18.4 Å². The molecule has 0 unspecified atom stereocenters. The van der Waals surface area contributed by atoms with Crippen LogP contribution in [0.2, 0.25) is 0 Å². The van der Waals surface area contributed by atoms with Gasteiger partial charge in [0.2, 0.25) is 0 Å². The Balaban J connectivity index is 1.27. The lowest BCUT2D eigenvalue weighted by Crippen LogP contribution is -2.64. The molecule has 12 heteroatoms. The minimum atomic E-state index is -4.97. The Labute approximate surface area is 198 Å². The summed E-state index contributed by atoms with van der Waals surface area (Å²) < 4.78 is 83.9. The van der Waals surface area contributed by atoms with Gasteiger partial charge in [0.25, 0.3) is 0 Å². The van der Waals surface area contributed by atoms with Gasteiger partial charge in [-0.15, -0.1) is 0 Å². The van der Waals surface area contributed by atoms with Crippen LogP contribution >= 0.6 is 0 Å². The number of hydrogen-bond donors (Lipinski definition) is 1. The van der Waals surface area contributed by atoms with Crippen molar-refractivity contribution in [1.82, 2.24) is 14.7 Å². The second-order valence-corrected chi connectivity index (χ2v) is 8.82. The maximum absolute atomic E-state index is 13.0. The number of nitrogens with zero attached hydrogens (tertiary/aromatic N) is 3. The van der Waals surface area contributed by atoms with Crippen molar-refractivity contribution in [2.45, 2.75) is 38.3 Å². The van der Waals surface area contributed by atoms with Gasteiger partial charge in [-0.25, -0.2) is 4.79 Å². The van der Waals surface area contributed by atoms with Crippen molar-refractivity contribution < 1.29 is 35.6 Å². The van der Waals surface area contributed by atoms with E-state index in [1.165, 1.54) is 4.90 Å². The summed E-state index contributed by atoms with van der Waals surface area (Å²) in [6, 6.07) is 4.38. The van der Waals surface area contributed by atoms with E-state index in [1.807, 2.05) is 19.1 Å². The molecule has 2 saturated heterocycles. The smallest absolute Gasteiger partial charge is 0.416 e. The van der Waals surface area contributed by atoms with E-state index in [-0.39, 0.29) is 12.1 Å². The van der Waals surface area contributed by atoms with Crippen molar-refractivity contribution in [2.75, 3.05) is 44.6 Å². The molecule has 2 aliphatic heterocycles. The number of carbonyl (C=O) groups excluding carboxylic acids is 1. The van der Waals surface area contributed by atoms with E-state index < -0.39 is 35.2 Å². The lowest BCUT2D eigenvalue weighted by molar-refractivity contribution is -0.143. The molecule has 4 rings (SSSR count). The number of urea groups is 1. The lowest BCUT2D eigenvalue weighted by Gasteiger charge is -2.47. The molecule has 3 heterocycles. The maximum Gasteiger partial charge on any atom is 0.416 e. The quantitative estimate of drug-likeness (QED) is 0.588. The van der Waals surface area contributed by atoms with Gasteiger partial charge in [0.1, 0.15) is 11.5 Å². The predicted octanol–water partition coefficient (Wildman–Crippen LogP) is 4.91. The topological polar surface area (TPSA) is 52.0 Å². The fourth-order valence-electron chi connectivity index (χ4n) is 4.29. The van der Waals surface area contributed by atoms with Gasteiger partial charge < -0.3 is 14.6 Å². The number of furan rings is 1. The SMILES string of the molecule is CCc1ccc(CN2CCN(C3CN(C(=O)Nc4cc(C(F)(F)F)cc(C(F)(F)F)c4)C3)CC2)o1. The monoisotopic (exact) mass is 504 g/mol. The lowest BCUT2D eigenvalue weighted by atomic mass is 10.1. The molecular weight excluding hydrogens is 478 g/mol. The van der Waals surface area contributed by atoms with Crippen molar-refractivity contribution in [3.8, 4) is 0 Å². The Morgan fingerprint density at radius 2 is 1.51 bits per heavy atom. The fraction of sp³-hybridized carbons (Fsp3) is 0.522. The number of carbonyl (C=O) groups is 1. The molecule has 6 nitrogen and oxygen atoms in total. The number of likely N-dealkylation sites (tertiary alicyclic amines) is 1. The van der Waals surface area contributed by atoms with Crippen molar-refractivity contribution in [3.63, 3.8) is 0 Å². The van der Waals surface area contributed by atoms with E-state index in [0.717, 1.165) is 50.7 Å². The Hall–Kier alpha value is -2.73. The summed E-state index contributed by atoms with van der Waals surface area (Å²) in [5.41, 5.74) is -3.48. The van der Waals surface area contributed by atoms with Gasteiger partial charge in [-0.1, -0.05) is 6.92 Å². The molecule has 2 fully saturated rings. The first kappa shape index (κ1) is 25.4. The summed E-state index contributed by atoms with van der Waals surface area (Å²) in [6.07, 6.45) is -9.10. The molecule has 0 atom stereocenters. The number of alkyl halides is 6. The van der Waals surface area contributed by atoms with Crippen molar-refractivity contribution in [1.29, 1.82) is 0 Å². The van der Waals surface area contributed by atoms with Crippen LogP contribution in [0.25, 0.3) is 0 Å². The molecule has 1 aromatic carbocycles. The molecule has 1 N–H and O–H groups in total. The average molecular weight is 504 g/mol. The average Bonchev–Trinajstić information content (AvgIpc) is 3.20. The summed E-state index contributed by atoms with van der Waals surface area (Å²) in [4.78, 5) is 18.3. The Morgan fingerprint density at radius 1 is 0.943 bits per heavy atom. The highest BCUT2D eigenvalue weighted by Gasteiger charge is 2.39. The second-order valence-electron chi connectivity index (χ2n) is 8.82. The molecule has 2 aromatic rings. The third kappa shape index (κ3) is 6.10. The van der Waals surface area contributed by atoms with Gasteiger partial charge in [0, 0.05) is 57.4 Å². The van der Waals surface area contributed by atoms with Crippen LogP contribution in [0.4, 0.5) is 36.8 Å². The molecule has 2 aliphatic rings. The van der Waals surface area contributed by atoms with Crippen LogP contribution < -0.4 is 5.32 Å². The first-order chi connectivity index (χ1) is 16.4. The van der Waals surface area contributed by atoms with Gasteiger partial charge in [-0.2, -0.15) is 26.3 Å². The molecule has 0 radical (unpaired) electrons. The molecule has 1 aromatic heterocycles. The summed E-state index contributed by atoms with van der Waals surface area (Å²) in [7, 11) is 0. The standard InChI is InChI=1S/C23H26F6N4O2/c1-2-19-3-4-20(35-19)14-31-5-7-32(8-6-31)18-12-33(13-18)21(34)30-17-10-15(22(24,25)26)9-16(11-17)23(27,28)29/h3-4,9-11,18H,2,5-8,12-14H2,1H3,(H,30,34). The zero-order chi connectivity index (χ0) is 25.4. The molecule has 0 aliphatic carbocycles. The number of benzene rings is 1. The first-order valence-corrected chi connectivity index (χ1v) is 11.3. The normalized spacial score (nSPS) is 18.5. The zero-order valence-corrected chi connectivity index (χ0v) is 19.0. The predicted molar refractivity (Wildman–Crippen MR) is 116 cm³/mol. The molecule has 192 valence electrons. The summed E-state index contributed by atoms with van der Waals surface area (Å²) >= 11 is 0. The van der Waals surface area contributed by atoms with Crippen LogP contribution in [0.15, 0.2) is 34.7 Å². The number of aryl methyl sites for hydroxylation is 1. The van der Waals surface area contributed by atoms with E-state index in [2.05, 4.69) is 15.1 Å². The van der Waals surface area contributed by atoms with Crippen LogP contribution in [0.3, 0.4) is 0 Å². The molecule has 2 amide bonds. The van der Waals surface area contributed by atoms with Gasteiger partial charge in [0.05, 0.1) is 17.7 Å².